The minimum atomic E-state index is -0.364. The first-order chi connectivity index (χ1) is 8.12. The van der Waals surface area contributed by atoms with Crippen molar-refractivity contribution in [3.05, 3.63) is 0 Å². The fourth-order valence-corrected chi connectivity index (χ4v) is 2.36. The van der Waals surface area contributed by atoms with E-state index in [4.69, 9.17) is 0 Å². The molecule has 0 radical (unpaired) electrons. The van der Waals surface area contributed by atoms with E-state index >= 15 is 0 Å². The monoisotopic (exact) mass is 242 g/mol. The van der Waals surface area contributed by atoms with Gasteiger partial charge >= 0.3 is 0 Å². The van der Waals surface area contributed by atoms with Gasteiger partial charge in [0.2, 0.25) is 5.91 Å². The Hall–Kier alpha value is -0.610. The largest absolute Gasteiger partial charge is 0.394 e. The standard InChI is InChI=1S/C13H26N2O2/c1-3-8-14-9-12(17)15-13(10-16)6-4-11(2)5-7-13/h11,14,16H,3-10H2,1-2H3,(H,15,17). The average Bonchev–Trinajstić information content (AvgIpc) is 2.33. The van der Waals surface area contributed by atoms with Gasteiger partial charge in [0.15, 0.2) is 0 Å². The van der Waals surface area contributed by atoms with E-state index in [2.05, 4.69) is 24.5 Å². The second-order valence-corrected chi connectivity index (χ2v) is 5.35. The fraction of sp³-hybridized carbons (Fsp3) is 0.923. The molecule has 0 unspecified atom stereocenters. The lowest BCUT2D eigenvalue weighted by atomic mass is 9.77. The van der Waals surface area contributed by atoms with Crippen molar-refractivity contribution in [2.45, 2.75) is 51.5 Å². The topological polar surface area (TPSA) is 61.4 Å². The Bertz CT molecular complexity index is 236. The first-order valence-electron chi connectivity index (χ1n) is 6.74. The molecule has 1 aliphatic rings. The van der Waals surface area contributed by atoms with Gasteiger partial charge in [-0.25, -0.2) is 0 Å². The van der Waals surface area contributed by atoms with Gasteiger partial charge in [-0.15, -0.1) is 0 Å². The van der Waals surface area contributed by atoms with Crippen molar-refractivity contribution in [1.29, 1.82) is 0 Å². The van der Waals surface area contributed by atoms with E-state index in [0.29, 0.717) is 12.5 Å². The molecule has 3 N–H and O–H groups in total. The highest BCUT2D eigenvalue weighted by Gasteiger charge is 2.34. The first-order valence-corrected chi connectivity index (χ1v) is 6.74. The van der Waals surface area contributed by atoms with Gasteiger partial charge < -0.3 is 15.7 Å². The molecule has 17 heavy (non-hydrogen) atoms. The number of nitrogens with one attached hydrogen (secondary N) is 2. The van der Waals surface area contributed by atoms with Crippen LogP contribution in [0.25, 0.3) is 0 Å². The number of amides is 1. The Labute approximate surface area is 104 Å². The molecule has 1 aliphatic carbocycles. The van der Waals surface area contributed by atoms with Crippen LogP contribution in [0.1, 0.15) is 46.0 Å². The lowest BCUT2D eigenvalue weighted by Gasteiger charge is -2.38. The highest BCUT2D eigenvalue weighted by Crippen LogP contribution is 2.31. The smallest absolute Gasteiger partial charge is 0.234 e. The molecule has 0 aromatic rings. The van der Waals surface area contributed by atoms with Crippen LogP contribution >= 0.6 is 0 Å². The molecule has 0 aromatic heterocycles. The van der Waals surface area contributed by atoms with E-state index < -0.39 is 0 Å². The zero-order chi connectivity index (χ0) is 12.7. The molecule has 1 saturated carbocycles. The lowest BCUT2D eigenvalue weighted by Crippen LogP contribution is -2.55. The summed E-state index contributed by atoms with van der Waals surface area (Å²) in [6, 6.07) is 0. The van der Waals surface area contributed by atoms with Gasteiger partial charge in [0, 0.05) is 0 Å². The van der Waals surface area contributed by atoms with Crippen LogP contribution in [0.4, 0.5) is 0 Å². The summed E-state index contributed by atoms with van der Waals surface area (Å²) in [6.07, 6.45) is 4.98. The molecule has 1 amide bonds. The van der Waals surface area contributed by atoms with Crippen molar-refractivity contribution >= 4 is 5.91 Å². The highest BCUT2D eigenvalue weighted by atomic mass is 16.3. The van der Waals surface area contributed by atoms with Crippen LogP contribution in [-0.4, -0.2) is 36.2 Å². The van der Waals surface area contributed by atoms with E-state index in [1.807, 2.05) is 0 Å². The molecule has 0 atom stereocenters. The Morgan fingerprint density at radius 2 is 2.06 bits per heavy atom. The van der Waals surface area contributed by atoms with Crippen LogP contribution in [0.15, 0.2) is 0 Å². The molecule has 100 valence electrons. The van der Waals surface area contributed by atoms with Crippen molar-refractivity contribution in [1.82, 2.24) is 10.6 Å². The summed E-state index contributed by atoms with van der Waals surface area (Å²) in [5.41, 5.74) is -0.364. The van der Waals surface area contributed by atoms with Crippen LogP contribution in [0, 0.1) is 5.92 Å². The number of carbonyl (C=O) groups is 1. The van der Waals surface area contributed by atoms with E-state index in [1.54, 1.807) is 0 Å². The molecule has 0 aromatic carbocycles. The van der Waals surface area contributed by atoms with E-state index in [-0.39, 0.29) is 18.1 Å². The van der Waals surface area contributed by atoms with Crippen molar-refractivity contribution < 1.29 is 9.90 Å². The van der Waals surface area contributed by atoms with E-state index in [1.165, 1.54) is 0 Å². The summed E-state index contributed by atoms with van der Waals surface area (Å²) in [7, 11) is 0. The highest BCUT2D eigenvalue weighted by molar-refractivity contribution is 5.78. The molecule has 0 aliphatic heterocycles. The fourth-order valence-electron chi connectivity index (χ4n) is 2.36. The third kappa shape index (κ3) is 4.64. The van der Waals surface area contributed by atoms with Crippen LogP contribution < -0.4 is 10.6 Å². The van der Waals surface area contributed by atoms with Crippen molar-refractivity contribution in [3.63, 3.8) is 0 Å². The molecular formula is C13H26N2O2. The van der Waals surface area contributed by atoms with E-state index in [0.717, 1.165) is 38.6 Å². The first kappa shape index (κ1) is 14.5. The number of carbonyl (C=O) groups excluding carboxylic acids is 1. The van der Waals surface area contributed by atoms with Crippen LogP contribution in [-0.2, 0) is 4.79 Å². The van der Waals surface area contributed by atoms with Crippen molar-refractivity contribution in [2.75, 3.05) is 19.7 Å². The minimum Gasteiger partial charge on any atom is -0.394 e. The van der Waals surface area contributed by atoms with Gasteiger partial charge in [-0.1, -0.05) is 13.8 Å². The summed E-state index contributed by atoms with van der Waals surface area (Å²) in [6.45, 7) is 5.57. The normalized spacial score (nSPS) is 29.0. The Morgan fingerprint density at radius 3 is 2.59 bits per heavy atom. The molecule has 1 fully saturated rings. The summed E-state index contributed by atoms with van der Waals surface area (Å²) >= 11 is 0. The van der Waals surface area contributed by atoms with Gasteiger partial charge in [0.1, 0.15) is 0 Å². The minimum absolute atomic E-state index is 0.00190. The van der Waals surface area contributed by atoms with Gasteiger partial charge in [0.05, 0.1) is 18.7 Å². The van der Waals surface area contributed by atoms with Gasteiger partial charge in [-0.3, -0.25) is 4.79 Å². The quantitative estimate of drug-likeness (QED) is 0.610. The number of hydrogen-bond acceptors (Lipinski definition) is 3. The average molecular weight is 242 g/mol. The predicted molar refractivity (Wildman–Crippen MR) is 68.8 cm³/mol. The third-order valence-corrected chi connectivity index (χ3v) is 3.65. The third-order valence-electron chi connectivity index (χ3n) is 3.65. The van der Waals surface area contributed by atoms with Gasteiger partial charge in [-0.05, 0) is 44.6 Å². The lowest BCUT2D eigenvalue weighted by molar-refractivity contribution is -0.123. The second-order valence-electron chi connectivity index (χ2n) is 5.35. The predicted octanol–water partition coefficient (Wildman–Crippen LogP) is 1.04. The molecule has 0 spiro atoms. The van der Waals surface area contributed by atoms with Gasteiger partial charge in [0.25, 0.3) is 0 Å². The summed E-state index contributed by atoms with van der Waals surface area (Å²) in [5, 5.41) is 15.6. The van der Waals surface area contributed by atoms with Crippen LogP contribution in [0.5, 0.6) is 0 Å². The van der Waals surface area contributed by atoms with E-state index in [9.17, 15) is 9.90 Å². The Kier molecular flexibility index (Phi) is 5.92. The van der Waals surface area contributed by atoms with Crippen LogP contribution in [0.2, 0.25) is 0 Å². The SMILES string of the molecule is CCCNCC(=O)NC1(CO)CCC(C)CC1. The Morgan fingerprint density at radius 1 is 1.41 bits per heavy atom. The maximum atomic E-state index is 11.7. The summed E-state index contributed by atoms with van der Waals surface area (Å²) in [4.78, 5) is 11.7. The zero-order valence-electron chi connectivity index (χ0n) is 11.1. The molecule has 0 saturated heterocycles. The van der Waals surface area contributed by atoms with Crippen molar-refractivity contribution in [3.8, 4) is 0 Å². The number of hydrogen-bond donors (Lipinski definition) is 3. The molecule has 1 rings (SSSR count). The molecule has 0 heterocycles. The second kappa shape index (κ2) is 6.97. The molecular weight excluding hydrogens is 216 g/mol. The van der Waals surface area contributed by atoms with Crippen molar-refractivity contribution in [2.24, 2.45) is 5.92 Å². The molecule has 4 heteroatoms. The molecule has 0 bridgehead atoms. The van der Waals surface area contributed by atoms with Gasteiger partial charge in [-0.2, -0.15) is 0 Å². The summed E-state index contributed by atoms with van der Waals surface area (Å²) < 4.78 is 0. The number of aliphatic hydroxyl groups is 1. The number of aliphatic hydroxyl groups excluding tert-OH is 1. The zero-order valence-corrected chi connectivity index (χ0v) is 11.1. The maximum Gasteiger partial charge on any atom is 0.234 e. The number of rotatable bonds is 6. The van der Waals surface area contributed by atoms with Crippen LogP contribution in [0.3, 0.4) is 0 Å². The molecule has 4 nitrogen and oxygen atoms in total. The Balaban J connectivity index is 2.37. The maximum absolute atomic E-state index is 11.7. The summed E-state index contributed by atoms with van der Waals surface area (Å²) in [5.74, 6) is 0.715.